The molecule has 29 heavy (non-hydrogen) atoms. The number of rotatable bonds is 7. The van der Waals surface area contributed by atoms with Crippen molar-refractivity contribution in [2.24, 2.45) is 0 Å². The van der Waals surface area contributed by atoms with Crippen molar-refractivity contribution in [3.63, 3.8) is 0 Å². The number of carbonyl (C=O) groups excluding carboxylic acids is 1. The van der Waals surface area contributed by atoms with Crippen molar-refractivity contribution in [1.29, 1.82) is 0 Å². The lowest BCUT2D eigenvalue weighted by Gasteiger charge is -2.17. The van der Waals surface area contributed by atoms with E-state index in [0.717, 1.165) is 11.8 Å². The number of carbonyl (C=O) groups is 1. The average molecular weight is 433 g/mol. The molecule has 0 spiro atoms. The highest BCUT2D eigenvalue weighted by molar-refractivity contribution is 7.90. The second kappa shape index (κ2) is 8.80. The van der Waals surface area contributed by atoms with Gasteiger partial charge < -0.3 is 0 Å². The molecular formula is C21H18ClFN2O3S. The van der Waals surface area contributed by atoms with E-state index in [-0.39, 0.29) is 28.1 Å². The van der Waals surface area contributed by atoms with Crippen LogP contribution in [0.2, 0.25) is 5.15 Å². The van der Waals surface area contributed by atoms with E-state index < -0.39 is 15.8 Å². The second-order valence-electron chi connectivity index (χ2n) is 6.70. The molecule has 0 radical (unpaired) electrons. The Balaban J connectivity index is 1.92. The van der Waals surface area contributed by atoms with Gasteiger partial charge in [-0.3, -0.25) is 9.78 Å². The van der Waals surface area contributed by atoms with Gasteiger partial charge in [-0.25, -0.2) is 17.8 Å². The van der Waals surface area contributed by atoms with Crippen LogP contribution in [-0.2, 0) is 27.5 Å². The topological polar surface area (TPSA) is 77.0 Å². The van der Waals surface area contributed by atoms with Crippen LogP contribution in [0.1, 0.15) is 22.7 Å². The number of benzene rings is 2. The summed E-state index contributed by atoms with van der Waals surface area (Å²) in [4.78, 5) is 21.3. The molecule has 0 aliphatic heterocycles. The van der Waals surface area contributed by atoms with Gasteiger partial charge in [0.15, 0.2) is 9.84 Å². The third kappa shape index (κ3) is 5.68. The SMILES string of the molecule is CS(=O)(=O)c1ccc(C(Cc2ccc(F)cc2)C(=O)Cc2cncc(Cl)n2)cc1. The molecule has 3 aromatic rings. The van der Waals surface area contributed by atoms with Crippen molar-refractivity contribution in [1.82, 2.24) is 9.97 Å². The molecule has 1 unspecified atom stereocenters. The van der Waals surface area contributed by atoms with Gasteiger partial charge in [0.2, 0.25) is 0 Å². The smallest absolute Gasteiger partial charge is 0.175 e. The highest BCUT2D eigenvalue weighted by Gasteiger charge is 2.23. The summed E-state index contributed by atoms with van der Waals surface area (Å²) in [6.07, 6.45) is 4.35. The van der Waals surface area contributed by atoms with E-state index in [0.29, 0.717) is 17.7 Å². The molecule has 1 atom stereocenters. The van der Waals surface area contributed by atoms with E-state index in [2.05, 4.69) is 9.97 Å². The van der Waals surface area contributed by atoms with Crippen molar-refractivity contribution in [2.75, 3.05) is 6.26 Å². The molecule has 0 fully saturated rings. The molecule has 8 heteroatoms. The lowest BCUT2D eigenvalue weighted by Crippen LogP contribution is -2.18. The molecular weight excluding hydrogens is 415 g/mol. The van der Waals surface area contributed by atoms with Gasteiger partial charge in [-0.2, -0.15) is 0 Å². The Morgan fingerprint density at radius 1 is 1.07 bits per heavy atom. The molecule has 0 amide bonds. The maximum atomic E-state index is 13.2. The Kier molecular flexibility index (Phi) is 6.39. The number of Topliss-reactive ketones (excluding diaryl/α,β-unsaturated/α-hetero) is 1. The lowest BCUT2D eigenvalue weighted by atomic mass is 9.87. The Labute approximate surface area is 173 Å². The van der Waals surface area contributed by atoms with Crippen molar-refractivity contribution in [3.8, 4) is 0 Å². The predicted octanol–water partition coefficient (Wildman–Crippen LogP) is 3.81. The number of hydrogen-bond donors (Lipinski definition) is 0. The minimum Gasteiger partial charge on any atom is -0.299 e. The zero-order chi connectivity index (χ0) is 21.0. The molecule has 0 aliphatic rings. The van der Waals surface area contributed by atoms with Gasteiger partial charge in [0.25, 0.3) is 0 Å². The average Bonchev–Trinajstić information content (AvgIpc) is 2.67. The zero-order valence-corrected chi connectivity index (χ0v) is 17.1. The first-order chi connectivity index (χ1) is 13.7. The van der Waals surface area contributed by atoms with E-state index in [4.69, 9.17) is 11.6 Å². The standard InChI is InChI=1S/C21H18ClFN2O3S/c1-29(27,28)18-8-4-15(5-9-18)19(10-14-2-6-16(23)7-3-14)20(26)11-17-12-24-13-21(22)25-17/h2-9,12-13,19H,10-11H2,1H3. The molecule has 0 bridgehead atoms. The fourth-order valence-electron chi connectivity index (χ4n) is 2.99. The van der Waals surface area contributed by atoms with Crippen LogP contribution in [0.15, 0.2) is 65.8 Å². The monoisotopic (exact) mass is 432 g/mol. The predicted molar refractivity (Wildman–Crippen MR) is 108 cm³/mol. The largest absolute Gasteiger partial charge is 0.299 e. The minimum absolute atomic E-state index is 0.0211. The summed E-state index contributed by atoms with van der Waals surface area (Å²) in [6, 6.07) is 12.2. The summed E-state index contributed by atoms with van der Waals surface area (Å²) >= 11 is 5.85. The maximum absolute atomic E-state index is 13.2. The Hall–Kier alpha value is -2.64. The third-order valence-electron chi connectivity index (χ3n) is 4.46. The van der Waals surface area contributed by atoms with Crippen LogP contribution in [0.5, 0.6) is 0 Å². The number of halogens is 2. The van der Waals surface area contributed by atoms with Gasteiger partial charge in [0.05, 0.1) is 23.2 Å². The normalized spacial score (nSPS) is 12.5. The summed E-state index contributed by atoms with van der Waals surface area (Å²) < 4.78 is 36.7. The molecule has 0 N–H and O–H groups in total. The van der Waals surface area contributed by atoms with Crippen LogP contribution in [0.4, 0.5) is 4.39 Å². The maximum Gasteiger partial charge on any atom is 0.175 e. The van der Waals surface area contributed by atoms with Crippen molar-refractivity contribution < 1.29 is 17.6 Å². The number of hydrogen-bond acceptors (Lipinski definition) is 5. The molecule has 1 aromatic heterocycles. The summed E-state index contributed by atoms with van der Waals surface area (Å²) in [6.45, 7) is 0. The van der Waals surface area contributed by atoms with E-state index in [9.17, 15) is 17.6 Å². The lowest BCUT2D eigenvalue weighted by molar-refractivity contribution is -0.119. The summed E-state index contributed by atoms with van der Waals surface area (Å²) in [5.41, 5.74) is 1.90. The molecule has 0 aliphatic carbocycles. The van der Waals surface area contributed by atoms with E-state index in [1.165, 1.54) is 36.7 Å². The molecule has 1 heterocycles. The quantitative estimate of drug-likeness (QED) is 0.567. The fraction of sp³-hybridized carbons (Fsp3) is 0.190. The van der Waals surface area contributed by atoms with Gasteiger partial charge >= 0.3 is 0 Å². The van der Waals surface area contributed by atoms with E-state index >= 15 is 0 Å². The molecule has 0 saturated carbocycles. The molecule has 3 rings (SSSR count). The van der Waals surface area contributed by atoms with Gasteiger partial charge in [-0.15, -0.1) is 0 Å². The molecule has 2 aromatic carbocycles. The third-order valence-corrected chi connectivity index (χ3v) is 5.77. The van der Waals surface area contributed by atoms with Crippen molar-refractivity contribution >= 4 is 27.2 Å². The van der Waals surface area contributed by atoms with Crippen LogP contribution >= 0.6 is 11.6 Å². The van der Waals surface area contributed by atoms with Crippen LogP contribution in [0.3, 0.4) is 0 Å². The van der Waals surface area contributed by atoms with E-state index in [1.807, 2.05) is 0 Å². The van der Waals surface area contributed by atoms with Crippen molar-refractivity contribution in [3.05, 3.63) is 88.7 Å². The Bertz CT molecular complexity index is 1120. The summed E-state index contributed by atoms with van der Waals surface area (Å²) in [5.74, 6) is -1.05. The molecule has 0 saturated heterocycles. The zero-order valence-electron chi connectivity index (χ0n) is 15.5. The van der Waals surface area contributed by atoms with Gasteiger partial charge in [-0.1, -0.05) is 35.9 Å². The molecule has 5 nitrogen and oxygen atoms in total. The van der Waals surface area contributed by atoms with Crippen LogP contribution in [-0.4, -0.2) is 30.4 Å². The van der Waals surface area contributed by atoms with Crippen LogP contribution in [0, 0.1) is 5.82 Å². The van der Waals surface area contributed by atoms with E-state index in [1.54, 1.807) is 24.3 Å². The van der Waals surface area contributed by atoms with Crippen LogP contribution in [0.25, 0.3) is 0 Å². The first kappa shape index (κ1) is 21.1. The first-order valence-corrected chi connectivity index (χ1v) is 11.0. The van der Waals surface area contributed by atoms with Gasteiger partial charge in [0, 0.05) is 18.4 Å². The van der Waals surface area contributed by atoms with Gasteiger partial charge in [-0.05, 0) is 41.8 Å². The van der Waals surface area contributed by atoms with Gasteiger partial charge in [0.1, 0.15) is 16.8 Å². The number of nitrogens with zero attached hydrogens (tertiary/aromatic N) is 2. The Morgan fingerprint density at radius 2 is 1.72 bits per heavy atom. The fourth-order valence-corrected chi connectivity index (χ4v) is 3.78. The minimum atomic E-state index is -3.34. The number of sulfone groups is 1. The van der Waals surface area contributed by atoms with Crippen molar-refractivity contribution in [2.45, 2.75) is 23.7 Å². The summed E-state index contributed by atoms with van der Waals surface area (Å²) in [7, 11) is -3.34. The highest BCUT2D eigenvalue weighted by atomic mass is 35.5. The Morgan fingerprint density at radius 3 is 2.31 bits per heavy atom. The summed E-state index contributed by atoms with van der Waals surface area (Å²) in [5, 5.41) is 0.197. The number of ketones is 1. The first-order valence-electron chi connectivity index (χ1n) is 8.76. The van der Waals surface area contributed by atoms with Crippen LogP contribution < -0.4 is 0 Å². The second-order valence-corrected chi connectivity index (χ2v) is 9.10. The molecule has 150 valence electrons. The highest BCUT2D eigenvalue weighted by Crippen LogP contribution is 2.25. The number of aromatic nitrogens is 2.